The monoisotopic (exact) mass is 423 g/mol. The van der Waals surface area contributed by atoms with Gasteiger partial charge in [-0.25, -0.2) is 4.98 Å². The van der Waals surface area contributed by atoms with Crippen LogP contribution in [0.25, 0.3) is 11.0 Å². The second kappa shape index (κ2) is 9.37. The van der Waals surface area contributed by atoms with Crippen molar-refractivity contribution >= 4 is 16.7 Å². The zero-order chi connectivity index (χ0) is 21.8. The number of nitrogens with one attached hydrogen (secondary N) is 2. The molecule has 0 bridgehead atoms. The Balaban J connectivity index is 1.48. The molecule has 2 aromatic carbocycles. The van der Waals surface area contributed by atoms with Crippen LogP contribution in [0.4, 0.5) is 5.69 Å². The number of rotatable bonds is 8. The van der Waals surface area contributed by atoms with Crippen LogP contribution in [0.3, 0.4) is 0 Å². The minimum Gasteiger partial charge on any atom is -0.355 e. The average Bonchev–Trinajstić information content (AvgIpc) is 3.26. The number of nitrogens with zero attached hydrogens (tertiary/aromatic N) is 3. The summed E-state index contributed by atoms with van der Waals surface area (Å²) in [5, 5.41) is 3.37. The molecule has 2 heterocycles. The van der Waals surface area contributed by atoms with E-state index in [1.807, 2.05) is 24.4 Å². The van der Waals surface area contributed by atoms with E-state index in [0.29, 0.717) is 6.54 Å². The molecule has 2 N–H and O–H groups in total. The highest BCUT2D eigenvalue weighted by Crippen LogP contribution is 2.37. The first kappa shape index (κ1) is 20.5. The number of aryl methyl sites for hydroxylation is 1. The number of fused-ring (bicyclic) bond motifs is 2. The van der Waals surface area contributed by atoms with Crippen molar-refractivity contribution in [3.8, 4) is 0 Å². The van der Waals surface area contributed by atoms with Gasteiger partial charge in [0.2, 0.25) is 0 Å². The van der Waals surface area contributed by atoms with Gasteiger partial charge in [0, 0.05) is 25.0 Å². The summed E-state index contributed by atoms with van der Waals surface area (Å²) in [5.74, 6) is 0.978. The summed E-state index contributed by atoms with van der Waals surface area (Å²) in [4.78, 5) is 15.6. The fraction of sp³-hybridized carbons (Fsp3) is 0.259. The van der Waals surface area contributed by atoms with E-state index in [0.717, 1.165) is 42.8 Å². The summed E-state index contributed by atoms with van der Waals surface area (Å²) in [5.41, 5.74) is 7.11. The maximum atomic E-state index is 4.86. The first-order valence-corrected chi connectivity index (χ1v) is 11.4. The number of aromatic nitrogens is 3. The molecule has 0 spiro atoms. The van der Waals surface area contributed by atoms with Crippen molar-refractivity contribution in [1.82, 2.24) is 20.3 Å². The van der Waals surface area contributed by atoms with Gasteiger partial charge < -0.3 is 15.2 Å². The highest BCUT2D eigenvalue weighted by Gasteiger charge is 2.28. The largest absolute Gasteiger partial charge is 0.355 e. The molecule has 1 aliphatic carbocycles. The van der Waals surface area contributed by atoms with E-state index in [1.54, 1.807) is 0 Å². The third kappa shape index (κ3) is 4.30. The lowest BCUT2D eigenvalue weighted by Gasteiger charge is -2.36. The minimum atomic E-state index is 0.234. The van der Waals surface area contributed by atoms with E-state index < -0.39 is 0 Å². The number of aromatic amines is 1. The molecule has 0 saturated carbocycles. The van der Waals surface area contributed by atoms with E-state index in [-0.39, 0.29) is 6.04 Å². The second-order valence-corrected chi connectivity index (χ2v) is 8.37. The van der Waals surface area contributed by atoms with Gasteiger partial charge in [0.1, 0.15) is 5.82 Å². The maximum Gasteiger partial charge on any atom is 0.126 e. The van der Waals surface area contributed by atoms with Crippen molar-refractivity contribution in [2.24, 2.45) is 0 Å². The molecule has 4 aromatic rings. The molecule has 0 amide bonds. The number of hydrogen-bond donors (Lipinski definition) is 2. The van der Waals surface area contributed by atoms with Crippen LogP contribution >= 0.6 is 0 Å². The Kier molecular flexibility index (Phi) is 5.99. The van der Waals surface area contributed by atoms with Crippen LogP contribution < -0.4 is 10.2 Å². The Morgan fingerprint density at radius 2 is 1.97 bits per heavy atom. The van der Waals surface area contributed by atoms with Crippen LogP contribution in [0.2, 0.25) is 0 Å². The van der Waals surface area contributed by atoms with Gasteiger partial charge in [0.25, 0.3) is 0 Å². The zero-order valence-electron chi connectivity index (χ0n) is 18.3. The van der Waals surface area contributed by atoms with Crippen LogP contribution in [-0.2, 0) is 19.5 Å². The SMILES string of the molecule is C=CCNCc1ccc(N(Cc2nc3ccccc3[nH]2)C2CCCc3cccnc32)cc1. The van der Waals surface area contributed by atoms with E-state index in [1.165, 1.54) is 28.9 Å². The van der Waals surface area contributed by atoms with Crippen LogP contribution in [0.5, 0.6) is 0 Å². The van der Waals surface area contributed by atoms with Gasteiger partial charge in [-0.3, -0.25) is 4.98 Å². The molecule has 5 heteroatoms. The first-order valence-electron chi connectivity index (χ1n) is 11.4. The Hall–Kier alpha value is -3.44. The Morgan fingerprint density at radius 1 is 1.09 bits per heavy atom. The molecule has 162 valence electrons. The minimum absolute atomic E-state index is 0.234. The predicted molar refractivity (Wildman–Crippen MR) is 131 cm³/mol. The molecule has 0 aliphatic heterocycles. The van der Waals surface area contributed by atoms with Gasteiger partial charge in [0.15, 0.2) is 0 Å². The van der Waals surface area contributed by atoms with Crippen molar-refractivity contribution in [3.63, 3.8) is 0 Å². The summed E-state index contributed by atoms with van der Waals surface area (Å²) in [6.07, 6.45) is 7.17. The summed E-state index contributed by atoms with van der Waals surface area (Å²) in [7, 11) is 0. The van der Waals surface area contributed by atoms with Crippen molar-refractivity contribution in [2.75, 3.05) is 11.4 Å². The van der Waals surface area contributed by atoms with E-state index >= 15 is 0 Å². The first-order chi connectivity index (χ1) is 15.8. The molecule has 1 atom stereocenters. The number of para-hydroxylation sites is 2. The summed E-state index contributed by atoms with van der Waals surface area (Å²) < 4.78 is 0. The lowest BCUT2D eigenvalue weighted by molar-refractivity contribution is 0.501. The van der Waals surface area contributed by atoms with Crippen molar-refractivity contribution in [2.45, 2.75) is 38.4 Å². The molecule has 0 fully saturated rings. The summed E-state index contributed by atoms with van der Waals surface area (Å²) in [6, 6.07) is 21.6. The van der Waals surface area contributed by atoms with E-state index in [4.69, 9.17) is 9.97 Å². The summed E-state index contributed by atoms with van der Waals surface area (Å²) in [6.45, 7) is 6.13. The van der Waals surface area contributed by atoms with Gasteiger partial charge in [-0.1, -0.05) is 36.4 Å². The molecule has 5 rings (SSSR count). The van der Waals surface area contributed by atoms with Gasteiger partial charge in [-0.15, -0.1) is 6.58 Å². The molecule has 1 unspecified atom stereocenters. The lowest BCUT2D eigenvalue weighted by atomic mass is 9.90. The van der Waals surface area contributed by atoms with Gasteiger partial charge in [0.05, 0.1) is 29.3 Å². The number of pyridine rings is 1. The van der Waals surface area contributed by atoms with Crippen LogP contribution in [0.1, 0.15) is 41.5 Å². The van der Waals surface area contributed by atoms with Crippen LogP contribution in [0.15, 0.2) is 79.5 Å². The predicted octanol–water partition coefficient (Wildman–Crippen LogP) is 5.32. The third-order valence-corrected chi connectivity index (χ3v) is 6.19. The molecular weight excluding hydrogens is 394 g/mol. The molecule has 5 nitrogen and oxygen atoms in total. The molecule has 1 aliphatic rings. The number of H-pyrrole nitrogens is 1. The molecule has 0 saturated heterocycles. The van der Waals surface area contributed by atoms with Crippen molar-refractivity contribution in [1.29, 1.82) is 0 Å². The van der Waals surface area contributed by atoms with Crippen LogP contribution in [0, 0.1) is 0 Å². The number of benzene rings is 2. The molecule has 32 heavy (non-hydrogen) atoms. The Bertz CT molecular complexity index is 1160. The van der Waals surface area contributed by atoms with Gasteiger partial charge in [-0.05, 0) is 60.7 Å². The fourth-order valence-electron chi connectivity index (χ4n) is 4.64. The average molecular weight is 424 g/mol. The zero-order valence-corrected chi connectivity index (χ0v) is 18.3. The normalized spacial score (nSPS) is 15.4. The lowest BCUT2D eigenvalue weighted by Crippen LogP contribution is -2.32. The highest BCUT2D eigenvalue weighted by molar-refractivity contribution is 5.74. The number of hydrogen-bond acceptors (Lipinski definition) is 4. The van der Waals surface area contributed by atoms with Gasteiger partial charge in [-0.2, -0.15) is 0 Å². The number of imidazole rings is 1. The molecule has 0 radical (unpaired) electrons. The van der Waals surface area contributed by atoms with Crippen LogP contribution in [-0.4, -0.2) is 21.5 Å². The standard InChI is InChI=1S/C27H29N5/c1-2-16-28-18-20-12-14-22(15-13-20)32(19-26-30-23-9-3-4-10-24(23)31-26)25-11-5-7-21-8-6-17-29-27(21)25/h2-4,6,8-10,12-15,17,25,28H,1,5,7,11,16,18-19H2,(H,30,31). The number of anilines is 1. The molecular formula is C27H29N5. The fourth-order valence-corrected chi connectivity index (χ4v) is 4.64. The molecule has 2 aromatic heterocycles. The topological polar surface area (TPSA) is 56.8 Å². The van der Waals surface area contributed by atoms with Crippen molar-refractivity contribution in [3.05, 3.63) is 102 Å². The Labute approximate surface area is 189 Å². The maximum absolute atomic E-state index is 4.86. The van der Waals surface area contributed by atoms with Gasteiger partial charge >= 0.3 is 0 Å². The smallest absolute Gasteiger partial charge is 0.126 e. The quantitative estimate of drug-likeness (QED) is 0.298. The Morgan fingerprint density at radius 3 is 2.81 bits per heavy atom. The summed E-state index contributed by atoms with van der Waals surface area (Å²) >= 11 is 0. The van der Waals surface area contributed by atoms with E-state index in [2.05, 4.69) is 70.3 Å². The highest BCUT2D eigenvalue weighted by atomic mass is 15.2. The third-order valence-electron chi connectivity index (χ3n) is 6.19. The van der Waals surface area contributed by atoms with E-state index in [9.17, 15) is 0 Å². The van der Waals surface area contributed by atoms with Crippen molar-refractivity contribution < 1.29 is 0 Å². The second-order valence-electron chi connectivity index (χ2n) is 8.37.